The molecule has 1 aromatic carbocycles. The molecule has 0 radical (unpaired) electrons. The SMILES string of the molecule is CC(c1nc2ccccc2s1)N(C)C(=O)C1CCCO1. The Kier molecular flexibility index (Phi) is 3.72. The predicted molar refractivity (Wildman–Crippen MR) is 79.8 cm³/mol. The van der Waals surface area contributed by atoms with Gasteiger partial charge in [-0.25, -0.2) is 4.98 Å². The van der Waals surface area contributed by atoms with Crippen molar-refractivity contribution in [2.75, 3.05) is 13.7 Å². The smallest absolute Gasteiger partial charge is 0.252 e. The van der Waals surface area contributed by atoms with Crippen molar-refractivity contribution < 1.29 is 9.53 Å². The maximum atomic E-state index is 12.4. The molecule has 2 aromatic rings. The second-order valence-corrected chi connectivity index (χ2v) is 6.21. The van der Waals surface area contributed by atoms with Gasteiger partial charge in [-0.05, 0) is 31.9 Å². The first-order valence-corrected chi connectivity index (χ1v) is 7.72. The molecular formula is C15H18N2O2S. The molecule has 1 aliphatic rings. The Hall–Kier alpha value is -1.46. The Morgan fingerprint density at radius 2 is 2.30 bits per heavy atom. The third kappa shape index (κ3) is 2.43. The van der Waals surface area contributed by atoms with Gasteiger partial charge in [0.05, 0.1) is 16.3 Å². The van der Waals surface area contributed by atoms with Crippen LogP contribution in [0.4, 0.5) is 0 Å². The molecule has 106 valence electrons. The fourth-order valence-corrected chi connectivity index (χ4v) is 3.49. The molecule has 0 spiro atoms. The van der Waals surface area contributed by atoms with Crippen LogP contribution in [-0.2, 0) is 9.53 Å². The van der Waals surface area contributed by atoms with E-state index in [1.54, 1.807) is 16.2 Å². The van der Waals surface area contributed by atoms with Gasteiger partial charge < -0.3 is 9.64 Å². The quantitative estimate of drug-likeness (QED) is 0.872. The highest BCUT2D eigenvalue weighted by atomic mass is 32.1. The average Bonchev–Trinajstić information content (AvgIpc) is 3.13. The molecule has 20 heavy (non-hydrogen) atoms. The second kappa shape index (κ2) is 5.50. The van der Waals surface area contributed by atoms with Crippen molar-refractivity contribution in [3.8, 4) is 0 Å². The third-order valence-corrected chi connectivity index (χ3v) is 5.01. The van der Waals surface area contributed by atoms with Crippen molar-refractivity contribution in [1.29, 1.82) is 0 Å². The number of thiazole rings is 1. The molecule has 0 aliphatic carbocycles. The molecule has 1 aliphatic heterocycles. The molecule has 0 N–H and O–H groups in total. The fraction of sp³-hybridized carbons (Fsp3) is 0.467. The van der Waals surface area contributed by atoms with Gasteiger partial charge in [-0.3, -0.25) is 4.79 Å². The minimum Gasteiger partial charge on any atom is -0.368 e. The van der Waals surface area contributed by atoms with Crippen LogP contribution in [0.15, 0.2) is 24.3 Å². The summed E-state index contributed by atoms with van der Waals surface area (Å²) in [6.07, 6.45) is 1.53. The van der Waals surface area contributed by atoms with Gasteiger partial charge in [-0.15, -0.1) is 11.3 Å². The highest BCUT2D eigenvalue weighted by Gasteiger charge is 2.30. The molecule has 1 fully saturated rings. The molecule has 1 saturated heterocycles. The Morgan fingerprint density at radius 1 is 1.50 bits per heavy atom. The lowest BCUT2D eigenvalue weighted by Gasteiger charge is -2.25. The van der Waals surface area contributed by atoms with Crippen LogP contribution in [0.1, 0.15) is 30.8 Å². The van der Waals surface area contributed by atoms with Crippen LogP contribution in [0.25, 0.3) is 10.2 Å². The van der Waals surface area contributed by atoms with E-state index in [2.05, 4.69) is 11.1 Å². The molecule has 0 bridgehead atoms. The number of para-hydroxylation sites is 1. The number of nitrogens with zero attached hydrogens (tertiary/aromatic N) is 2. The zero-order chi connectivity index (χ0) is 14.1. The van der Waals surface area contributed by atoms with Crippen LogP contribution in [0.2, 0.25) is 0 Å². The van der Waals surface area contributed by atoms with Crippen LogP contribution in [0.5, 0.6) is 0 Å². The zero-order valence-electron chi connectivity index (χ0n) is 11.7. The first-order valence-electron chi connectivity index (χ1n) is 6.90. The second-order valence-electron chi connectivity index (χ2n) is 5.15. The van der Waals surface area contributed by atoms with Crippen LogP contribution in [0, 0.1) is 0 Å². The molecular weight excluding hydrogens is 272 g/mol. The number of likely N-dealkylation sites (N-methyl/N-ethyl adjacent to an activating group) is 1. The Balaban J connectivity index is 1.80. The Labute approximate surface area is 122 Å². The van der Waals surface area contributed by atoms with Crippen LogP contribution in [-0.4, -0.2) is 35.5 Å². The van der Waals surface area contributed by atoms with E-state index in [-0.39, 0.29) is 18.1 Å². The molecule has 1 amide bonds. The van der Waals surface area contributed by atoms with Gasteiger partial charge in [0.15, 0.2) is 0 Å². The monoisotopic (exact) mass is 290 g/mol. The summed E-state index contributed by atoms with van der Waals surface area (Å²) < 4.78 is 6.63. The molecule has 3 rings (SSSR count). The number of carbonyl (C=O) groups is 1. The maximum Gasteiger partial charge on any atom is 0.252 e. The number of hydrogen-bond acceptors (Lipinski definition) is 4. The molecule has 0 saturated carbocycles. The summed E-state index contributed by atoms with van der Waals surface area (Å²) in [5.41, 5.74) is 0.998. The van der Waals surface area contributed by atoms with Gasteiger partial charge in [-0.2, -0.15) is 0 Å². The maximum absolute atomic E-state index is 12.4. The van der Waals surface area contributed by atoms with Crippen LogP contribution in [0.3, 0.4) is 0 Å². The zero-order valence-corrected chi connectivity index (χ0v) is 12.5. The number of fused-ring (bicyclic) bond motifs is 1. The van der Waals surface area contributed by atoms with E-state index in [1.807, 2.05) is 32.2 Å². The number of rotatable bonds is 3. The summed E-state index contributed by atoms with van der Waals surface area (Å²) in [5, 5.41) is 0.972. The van der Waals surface area contributed by atoms with Crippen molar-refractivity contribution in [2.24, 2.45) is 0 Å². The largest absolute Gasteiger partial charge is 0.368 e. The van der Waals surface area contributed by atoms with E-state index >= 15 is 0 Å². The van der Waals surface area contributed by atoms with Crippen molar-refractivity contribution >= 4 is 27.5 Å². The van der Waals surface area contributed by atoms with E-state index in [1.165, 1.54) is 0 Å². The number of ether oxygens (including phenoxy) is 1. The molecule has 2 unspecified atom stereocenters. The number of hydrogen-bond donors (Lipinski definition) is 0. The molecule has 2 heterocycles. The van der Waals surface area contributed by atoms with Gasteiger partial charge in [0.25, 0.3) is 5.91 Å². The average molecular weight is 290 g/mol. The van der Waals surface area contributed by atoms with Gasteiger partial charge in [0.2, 0.25) is 0 Å². The van der Waals surface area contributed by atoms with Crippen LogP contribution >= 0.6 is 11.3 Å². The van der Waals surface area contributed by atoms with Gasteiger partial charge >= 0.3 is 0 Å². The lowest BCUT2D eigenvalue weighted by molar-refractivity contribution is -0.141. The van der Waals surface area contributed by atoms with Gasteiger partial charge in [0, 0.05) is 13.7 Å². The number of aromatic nitrogens is 1. The Bertz CT molecular complexity index is 586. The first-order chi connectivity index (χ1) is 9.66. The lowest BCUT2D eigenvalue weighted by atomic mass is 10.2. The number of amides is 1. The summed E-state index contributed by atoms with van der Waals surface area (Å²) in [6, 6.07) is 8.03. The summed E-state index contributed by atoms with van der Waals surface area (Å²) >= 11 is 1.65. The standard InChI is InChI=1S/C15H18N2O2S/c1-10(17(2)15(18)12-7-5-9-19-12)14-16-11-6-3-4-8-13(11)20-14/h3-4,6,8,10,12H,5,7,9H2,1-2H3. The van der Waals surface area contributed by atoms with E-state index in [0.717, 1.165) is 28.1 Å². The first kappa shape index (κ1) is 13.5. The summed E-state index contributed by atoms with van der Waals surface area (Å²) in [6.45, 7) is 2.71. The summed E-state index contributed by atoms with van der Waals surface area (Å²) in [7, 11) is 1.83. The number of benzene rings is 1. The molecule has 1 aromatic heterocycles. The highest BCUT2D eigenvalue weighted by molar-refractivity contribution is 7.18. The predicted octanol–water partition coefficient (Wildman–Crippen LogP) is 2.99. The molecule has 4 nitrogen and oxygen atoms in total. The summed E-state index contributed by atoms with van der Waals surface area (Å²) in [4.78, 5) is 18.7. The van der Waals surface area contributed by atoms with E-state index < -0.39 is 0 Å². The minimum absolute atomic E-state index is 0.0240. The van der Waals surface area contributed by atoms with Crippen molar-refractivity contribution in [3.05, 3.63) is 29.3 Å². The fourth-order valence-electron chi connectivity index (χ4n) is 2.42. The normalized spacial score (nSPS) is 20.2. The van der Waals surface area contributed by atoms with E-state index in [4.69, 9.17) is 4.74 Å². The topological polar surface area (TPSA) is 42.4 Å². The van der Waals surface area contributed by atoms with E-state index in [0.29, 0.717) is 6.61 Å². The number of carbonyl (C=O) groups excluding carboxylic acids is 1. The Morgan fingerprint density at radius 3 is 3.00 bits per heavy atom. The molecule has 5 heteroatoms. The third-order valence-electron chi connectivity index (χ3n) is 3.80. The van der Waals surface area contributed by atoms with E-state index in [9.17, 15) is 4.79 Å². The van der Waals surface area contributed by atoms with Gasteiger partial charge in [0.1, 0.15) is 11.1 Å². The minimum atomic E-state index is -0.267. The highest BCUT2D eigenvalue weighted by Crippen LogP contribution is 2.29. The van der Waals surface area contributed by atoms with Crippen LogP contribution < -0.4 is 0 Å². The summed E-state index contributed by atoms with van der Waals surface area (Å²) in [5.74, 6) is 0.0641. The van der Waals surface area contributed by atoms with Gasteiger partial charge in [-0.1, -0.05) is 12.1 Å². The lowest BCUT2D eigenvalue weighted by Crippen LogP contribution is -2.37. The molecule has 2 atom stereocenters. The van der Waals surface area contributed by atoms with Crippen molar-refractivity contribution in [2.45, 2.75) is 31.9 Å². The van der Waals surface area contributed by atoms with Crippen molar-refractivity contribution in [3.63, 3.8) is 0 Å². The van der Waals surface area contributed by atoms with Crippen molar-refractivity contribution in [1.82, 2.24) is 9.88 Å².